The number of rotatable bonds is 3. The van der Waals surface area contributed by atoms with Crippen LogP contribution in [-0.2, 0) is 10.2 Å². The minimum absolute atomic E-state index is 0.0994. The second-order valence-electron chi connectivity index (χ2n) is 5.95. The lowest BCUT2D eigenvalue weighted by Crippen LogP contribution is -2.10. The number of carbonyl (C=O) groups excluding carboxylic acids is 1. The largest absolute Gasteiger partial charge is 0.302 e. The molecule has 0 radical (unpaired) electrons. The standard InChI is InChI=1S/C17H20N2OS/c1-12(20)19-16-18-11-15(21-16)10-7-13-5-8-14(9-6-13)17(2,3)4/h5-11H,1-4H3,(H,18,19,20)/b10-7+. The number of hydrogen-bond donors (Lipinski definition) is 1. The maximum absolute atomic E-state index is 11.0. The second kappa shape index (κ2) is 6.22. The SMILES string of the molecule is CC(=O)Nc1ncc(/C=C/c2ccc(C(C)(C)C)cc2)s1. The van der Waals surface area contributed by atoms with Crippen LogP contribution in [0.2, 0.25) is 0 Å². The van der Waals surface area contributed by atoms with Crippen molar-refractivity contribution in [2.24, 2.45) is 0 Å². The first kappa shape index (κ1) is 15.4. The van der Waals surface area contributed by atoms with E-state index in [1.165, 1.54) is 23.8 Å². The summed E-state index contributed by atoms with van der Waals surface area (Å²) in [5, 5.41) is 3.31. The topological polar surface area (TPSA) is 42.0 Å². The molecule has 0 unspecified atom stereocenters. The number of hydrogen-bond acceptors (Lipinski definition) is 3. The third-order valence-corrected chi connectivity index (χ3v) is 3.90. The zero-order chi connectivity index (χ0) is 15.5. The minimum Gasteiger partial charge on any atom is -0.302 e. The van der Waals surface area contributed by atoms with Gasteiger partial charge in [0.1, 0.15) is 0 Å². The molecule has 0 atom stereocenters. The summed E-state index contributed by atoms with van der Waals surface area (Å²) in [7, 11) is 0. The van der Waals surface area contributed by atoms with Crippen molar-refractivity contribution in [1.29, 1.82) is 0 Å². The summed E-state index contributed by atoms with van der Waals surface area (Å²) in [5.41, 5.74) is 2.65. The van der Waals surface area contributed by atoms with E-state index in [1.807, 2.05) is 6.08 Å². The Morgan fingerprint density at radius 1 is 1.19 bits per heavy atom. The Kier molecular flexibility index (Phi) is 4.58. The number of carbonyl (C=O) groups is 1. The Hall–Kier alpha value is -1.94. The average Bonchev–Trinajstić information content (AvgIpc) is 2.82. The second-order valence-corrected chi connectivity index (χ2v) is 7.02. The lowest BCUT2D eigenvalue weighted by molar-refractivity contribution is -0.114. The molecule has 1 N–H and O–H groups in total. The van der Waals surface area contributed by atoms with Gasteiger partial charge in [0.25, 0.3) is 0 Å². The summed E-state index contributed by atoms with van der Waals surface area (Å²) < 4.78 is 0. The molecule has 2 rings (SSSR count). The van der Waals surface area contributed by atoms with Gasteiger partial charge in [-0.25, -0.2) is 4.98 Å². The lowest BCUT2D eigenvalue weighted by Gasteiger charge is -2.18. The molecule has 0 saturated carbocycles. The zero-order valence-electron chi connectivity index (χ0n) is 12.8. The van der Waals surface area contributed by atoms with Crippen LogP contribution in [0.15, 0.2) is 30.5 Å². The number of nitrogens with zero attached hydrogens (tertiary/aromatic N) is 1. The van der Waals surface area contributed by atoms with Crippen molar-refractivity contribution in [2.75, 3.05) is 5.32 Å². The van der Waals surface area contributed by atoms with Crippen LogP contribution >= 0.6 is 11.3 Å². The number of aromatic nitrogens is 1. The molecule has 0 bridgehead atoms. The number of amides is 1. The molecule has 1 aromatic carbocycles. The van der Waals surface area contributed by atoms with Crippen LogP contribution in [-0.4, -0.2) is 10.9 Å². The van der Waals surface area contributed by atoms with E-state index >= 15 is 0 Å². The Balaban J connectivity index is 2.07. The first-order valence-corrected chi connectivity index (χ1v) is 7.68. The Bertz CT molecular complexity index is 648. The van der Waals surface area contributed by atoms with Crippen molar-refractivity contribution in [2.45, 2.75) is 33.1 Å². The van der Waals surface area contributed by atoms with Crippen LogP contribution in [0.5, 0.6) is 0 Å². The highest BCUT2D eigenvalue weighted by atomic mass is 32.1. The number of anilines is 1. The fourth-order valence-corrected chi connectivity index (χ4v) is 2.61. The van der Waals surface area contributed by atoms with Gasteiger partial charge < -0.3 is 5.32 Å². The third-order valence-electron chi connectivity index (χ3n) is 3.02. The Morgan fingerprint density at radius 3 is 2.43 bits per heavy atom. The molecule has 2 aromatic rings. The lowest BCUT2D eigenvalue weighted by atomic mass is 9.87. The van der Waals surface area contributed by atoms with Gasteiger partial charge in [0.15, 0.2) is 5.13 Å². The highest BCUT2D eigenvalue weighted by Crippen LogP contribution is 2.23. The van der Waals surface area contributed by atoms with Crippen LogP contribution in [0, 0.1) is 0 Å². The molecule has 0 saturated heterocycles. The van der Waals surface area contributed by atoms with Gasteiger partial charge in [-0.05, 0) is 22.6 Å². The molecule has 0 aliphatic rings. The predicted molar refractivity (Wildman–Crippen MR) is 90.5 cm³/mol. The summed E-state index contributed by atoms with van der Waals surface area (Å²) in [6, 6.07) is 8.56. The molecule has 21 heavy (non-hydrogen) atoms. The Labute approximate surface area is 129 Å². The molecular formula is C17H20N2OS. The first-order chi connectivity index (χ1) is 9.84. The fourth-order valence-electron chi connectivity index (χ4n) is 1.84. The van der Waals surface area contributed by atoms with E-state index in [4.69, 9.17) is 0 Å². The highest BCUT2D eigenvalue weighted by molar-refractivity contribution is 7.16. The van der Waals surface area contributed by atoms with Gasteiger partial charge in [0.05, 0.1) is 0 Å². The molecule has 0 aliphatic carbocycles. The molecule has 0 fully saturated rings. The Morgan fingerprint density at radius 2 is 1.86 bits per heavy atom. The molecular weight excluding hydrogens is 280 g/mol. The molecule has 1 heterocycles. The quantitative estimate of drug-likeness (QED) is 0.902. The van der Waals surface area contributed by atoms with E-state index in [2.05, 4.69) is 61.4 Å². The van der Waals surface area contributed by atoms with Crippen LogP contribution in [0.3, 0.4) is 0 Å². The molecule has 1 amide bonds. The van der Waals surface area contributed by atoms with Crippen molar-refractivity contribution in [3.8, 4) is 0 Å². The van der Waals surface area contributed by atoms with Gasteiger partial charge in [0.2, 0.25) is 5.91 Å². The van der Waals surface area contributed by atoms with Crippen molar-refractivity contribution in [1.82, 2.24) is 4.98 Å². The van der Waals surface area contributed by atoms with Gasteiger partial charge in [0, 0.05) is 18.0 Å². The van der Waals surface area contributed by atoms with Gasteiger partial charge in [-0.3, -0.25) is 4.79 Å². The van der Waals surface area contributed by atoms with Crippen molar-refractivity contribution in [3.63, 3.8) is 0 Å². The van der Waals surface area contributed by atoms with Crippen molar-refractivity contribution in [3.05, 3.63) is 46.5 Å². The van der Waals surface area contributed by atoms with Crippen LogP contribution < -0.4 is 5.32 Å². The van der Waals surface area contributed by atoms with Crippen LogP contribution in [0.1, 0.15) is 43.7 Å². The highest BCUT2D eigenvalue weighted by Gasteiger charge is 2.12. The van der Waals surface area contributed by atoms with E-state index in [0.29, 0.717) is 5.13 Å². The molecule has 0 spiro atoms. The van der Waals surface area contributed by atoms with Crippen molar-refractivity contribution >= 4 is 34.5 Å². The van der Waals surface area contributed by atoms with Crippen LogP contribution in [0.25, 0.3) is 12.2 Å². The van der Waals surface area contributed by atoms with E-state index in [1.54, 1.807) is 6.20 Å². The monoisotopic (exact) mass is 300 g/mol. The molecule has 4 heteroatoms. The summed E-state index contributed by atoms with van der Waals surface area (Å²) in [4.78, 5) is 16.1. The molecule has 1 aromatic heterocycles. The van der Waals surface area contributed by atoms with Gasteiger partial charge in [-0.1, -0.05) is 62.4 Å². The third kappa shape index (κ3) is 4.53. The summed E-state index contributed by atoms with van der Waals surface area (Å²) >= 11 is 1.46. The van der Waals surface area contributed by atoms with Gasteiger partial charge in [-0.2, -0.15) is 0 Å². The smallest absolute Gasteiger partial charge is 0.223 e. The molecule has 110 valence electrons. The van der Waals surface area contributed by atoms with E-state index < -0.39 is 0 Å². The van der Waals surface area contributed by atoms with Gasteiger partial charge in [-0.15, -0.1) is 0 Å². The summed E-state index contributed by atoms with van der Waals surface area (Å²) in [6.07, 6.45) is 5.82. The summed E-state index contributed by atoms with van der Waals surface area (Å²) in [5.74, 6) is -0.0994. The zero-order valence-corrected chi connectivity index (χ0v) is 13.6. The fraction of sp³-hybridized carbons (Fsp3) is 0.294. The van der Waals surface area contributed by atoms with E-state index in [0.717, 1.165) is 10.4 Å². The summed E-state index contributed by atoms with van der Waals surface area (Å²) in [6.45, 7) is 8.10. The van der Waals surface area contributed by atoms with E-state index in [9.17, 15) is 4.79 Å². The maximum atomic E-state index is 11.0. The minimum atomic E-state index is -0.0994. The van der Waals surface area contributed by atoms with E-state index in [-0.39, 0.29) is 11.3 Å². The maximum Gasteiger partial charge on any atom is 0.223 e. The van der Waals surface area contributed by atoms with Crippen molar-refractivity contribution < 1.29 is 4.79 Å². The average molecular weight is 300 g/mol. The normalized spacial score (nSPS) is 11.8. The number of nitrogens with one attached hydrogen (secondary N) is 1. The number of thiazole rings is 1. The van der Waals surface area contributed by atoms with Gasteiger partial charge >= 0.3 is 0 Å². The number of benzene rings is 1. The molecule has 3 nitrogen and oxygen atoms in total. The predicted octanol–water partition coefficient (Wildman–Crippen LogP) is 4.57. The van der Waals surface area contributed by atoms with Crippen LogP contribution in [0.4, 0.5) is 5.13 Å². The first-order valence-electron chi connectivity index (χ1n) is 6.86. The molecule has 0 aliphatic heterocycles.